The first kappa shape index (κ1) is 14.3. The van der Waals surface area contributed by atoms with E-state index in [4.69, 9.17) is 4.74 Å². The highest BCUT2D eigenvalue weighted by atomic mass is 16.5. The van der Waals surface area contributed by atoms with Crippen LogP contribution in [0.2, 0.25) is 0 Å². The van der Waals surface area contributed by atoms with Gasteiger partial charge in [0.15, 0.2) is 0 Å². The highest BCUT2D eigenvalue weighted by molar-refractivity contribution is 5.89. The van der Waals surface area contributed by atoms with E-state index in [1.807, 2.05) is 11.8 Å². The molecule has 1 atom stereocenters. The number of urea groups is 1. The highest BCUT2D eigenvalue weighted by Gasteiger charge is 2.26. The number of nitrogens with one attached hydrogen (secondary N) is 1. The lowest BCUT2D eigenvalue weighted by Gasteiger charge is -2.19. The Labute approximate surface area is 125 Å². The van der Waals surface area contributed by atoms with Gasteiger partial charge in [-0.25, -0.2) is 4.79 Å². The van der Waals surface area contributed by atoms with Gasteiger partial charge in [-0.05, 0) is 50.7 Å². The number of hydrogen-bond donors (Lipinski definition) is 1. The number of anilines is 1. The SMILES string of the molecule is CCO[C@H]1CCN(C(=O)Nc2cnc3c(c2)CCCC3)C1. The summed E-state index contributed by atoms with van der Waals surface area (Å²) in [6.07, 6.45) is 7.45. The molecule has 5 heteroatoms. The normalized spacial score (nSPS) is 21.2. The molecular weight excluding hydrogens is 266 g/mol. The molecule has 3 rings (SSSR count). The van der Waals surface area contributed by atoms with Crippen LogP contribution in [-0.2, 0) is 17.6 Å². The van der Waals surface area contributed by atoms with E-state index in [1.165, 1.54) is 24.1 Å². The number of nitrogens with zero attached hydrogens (tertiary/aromatic N) is 2. The number of fused-ring (bicyclic) bond motifs is 1. The Morgan fingerprint density at radius 2 is 2.33 bits per heavy atom. The molecule has 0 bridgehead atoms. The van der Waals surface area contributed by atoms with Gasteiger partial charge in [0, 0.05) is 25.4 Å². The first-order valence-electron chi connectivity index (χ1n) is 7.91. The summed E-state index contributed by atoms with van der Waals surface area (Å²) in [5.41, 5.74) is 3.28. The van der Waals surface area contributed by atoms with E-state index < -0.39 is 0 Å². The van der Waals surface area contributed by atoms with Crippen molar-refractivity contribution in [1.29, 1.82) is 0 Å². The van der Waals surface area contributed by atoms with E-state index in [0.717, 1.165) is 31.5 Å². The van der Waals surface area contributed by atoms with Crippen LogP contribution >= 0.6 is 0 Å². The summed E-state index contributed by atoms with van der Waals surface area (Å²) in [5.74, 6) is 0. The molecule has 21 heavy (non-hydrogen) atoms. The molecule has 1 aromatic heterocycles. The summed E-state index contributed by atoms with van der Waals surface area (Å²) in [4.78, 5) is 18.6. The highest BCUT2D eigenvalue weighted by Crippen LogP contribution is 2.22. The molecular formula is C16H23N3O2. The largest absolute Gasteiger partial charge is 0.377 e. The maximum atomic E-state index is 12.3. The first-order valence-corrected chi connectivity index (χ1v) is 7.91. The third-order valence-corrected chi connectivity index (χ3v) is 4.26. The van der Waals surface area contributed by atoms with Crippen LogP contribution in [0.5, 0.6) is 0 Å². The summed E-state index contributed by atoms with van der Waals surface area (Å²) >= 11 is 0. The molecule has 1 aliphatic heterocycles. The Morgan fingerprint density at radius 3 is 3.19 bits per heavy atom. The van der Waals surface area contributed by atoms with E-state index >= 15 is 0 Å². The molecule has 0 radical (unpaired) electrons. The average Bonchev–Trinajstić information content (AvgIpc) is 2.96. The van der Waals surface area contributed by atoms with Gasteiger partial charge in [0.1, 0.15) is 0 Å². The number of likely N-dealkylation sites (tertiary alicyclic amines) is 1. The van der Waals surface area contributed by atoms with Crippen molar-refractivity contribution in [2.75, 3.05) is 25.0 Å². The number of ether oxygens (including phenoxy) is 1. The van der Waals surface area contributed by atoms with E-state index in [0.29, 0.717) is 13.2 Å². The van der Waals surface area contributed by atoms with E-state index in [1.54, 1.807) is 6.20 Å². The number of amides is 2. The van der Waals surface area contributed by atoms with Crippen LogP contribution < -0.4 is 5.32 Å². The second-order valence-corrected chi connectivity index (χ2v) is 5.78. The number of hydrogen-bond acceptors (Lipinski definition) is 3. The zero-order valence-corrected chi connectivity index (χ0v) is 12.6. The monoisotopic (exact) mass is 289 g/mol. The van der Waals surface area contributed by atoms with Gasteiger partial charge in [-0.2, -0.15) is 0 Å². The maximum Gasteiger partial charge on any atom is 0.321 e. The van der Waals surface area contributed by atoms with Crippen LogP contribution in [-0.4, -0.2) is 41.7 Å². The van der Waals surface area contributed by atoms with Crippen LogP contribution in [0.4, 0.5) is 10.5 Å². The Bertz CT molecular complexity index is 518. The second-order valence-electron chi connectivity index (χ2n) is 5.78. The van der Waals surface area contributed by atoms with Gasteiger partial charge in [0.05, 0.1) is 18.0 Å². The summed E-state index contributed by atoms with van der Waals surface area (Å²) in [7, 11) is 0. The molecule has 0 unspecified atom stereocenters. The van der Waals surface area contributed by atoms with Crippen LogP contribution in [0.1, 0.15) is 37.4 Å². The van der Waals surface area contributed by atoms with Crippen molar-refractivity contribution in [2.24, 2.45) is 0 Å². The molecule has 1 aromatic rings. The fraction of sp³-hybridized carbons (Fsp3) is 0.625. The van der Waals surface area contributed by atoms with Gasteiger partial charge in [0.2, 0.25) is 0 Å². The minimum absolute atomic E-state index is 0.0465. The van der Waals surface area contributed by atoms with Crippen molar-refractivity contribution in [1.82, 2.24) is 9.88 Å². The van der Waals surface area contributed by atoms with Crippen LogP contribution in [0.25, 0.3) is 0 Å². The van der Waals surface area contributed by atoms with Crippen molar-refractivity contribution >= 4 is 11.7 Å². The molecule has 1 fully saturated rings. The molecule has 2 heterocycles. The van der Waals surface area contributed by atoms with Gasteiger partial charge in [-0.3, -0.25) is 4.98 Å². The molecule has 114 valence electrons. The van der Waals surface area contributed by atoms with Gasteiger partial charge >= 0.3 is 6.03 Å². The van der Waals surface area contributed by atoms with Crippen molar-refractivity contribution in [3.8, 4) is 0 Å². The topological polar surface area (TPSA) is 54.5 Å². The Kier molecular flexibility index (Phi) is 4.39. The Balaban J connectivity index is 1.60. The standard InChI is InChI=1S/C16H23N3O2/c1-2-21-14-7-8-19(11-14)16(20)18-13-9-12-5-3-4-6-15(12)17-10-13/h9-10,14H,2-8,11H2,1H3,(H,18,20)/t14-/m0/s1. The predicted molar refractivity (Wildman–Crippen MR) is 81.5 cm³/mol. The van der Waals surface area contributed by atoms with Crippen LogP contribution in [0, 0.1) is 0 Å². The summed E-state index contributed by atoms with van der Waals surface area (Å²) in [6.45, 7) is 4.13. The second kappa shape index (κ2) is 6.43. The molecule has 2 amide bonds. The van der Waals surface area contributed by atoms with Crippen molar-refractivity contribution in [3.63, 3.8) is 0 Å². The Morgan fingerprint density at radius 1 is 1.48 bits per heavy atom. The van der Waals surface area contributed by atoms with Crippen molar-refractivity contribution < 1.29 is 9.53 Å². The number of carbonyl (C=O) groups is 1. The maximum absolute atomic E-state index is 12.3. The number of carbonyl (C=O) groups excluding carboxylic acids is 1. The first-order chi connectivity index (χ1) is 10.3. The molecule has 1 aliphatic carbocycles. The number of pyridine rings is 1. The summed E-state index contributed by atoms with van der Waals surface area (Å²) in [5, 5.41) is 2.97. The Hall–Kier alpha value is -1.62. The lowest BCUT2D eigenvalue weighted by Crippen LogP contribution is -2.34. The van der Waals surface area contributed by atoms with Gasteiger partial charge in [-0.1, -0.05) is 0 Å². The molecule has 0 aromatic carbocycles. The number of rotatable bonds is 3. The predicted octanol–water partition coefficient (Wildman–Crippen LogP) is 2.60. The molecule has 1 N–H and O–H groups in total. The van der Waals surface area contributed by atoms with Crippen LogP contribution in [0.3, 0.4) is 0 Å². The van der Waals surface area contributed by atoms with Crippen LogP contribution in [0.15, 0.2) is 12.3 Å². The molecule has 5 nitrogen and oxygen atoms in total. The zero-order chi connectivity index (χ0) is 14.7. The van der Waals surface area contributed by atoms with Crippen molar-refractivity contribution in [2.45, 2.75) is 45.1 Å². The minimum atomic E-state index is -0.0465. The quantitative estimate of drug-likeness (QED) is 0.930. The third-order valence-electron chi connectivity index (χ3n) is 4.26. The summed E-state index contributed by atoms with van der Waals surface area (Å²) in [6, 6.07) is 2.03. The van der Waals surface area contributed by atoms with Gasteiger partial charge in [0.25, 0.3) is 0 Å². The lowest BCUT2D eigenvalue weighted by atomic mass is 9.96. The smallest absolute Gasteiger partial charge is 0.321 e. The number of aromatic nitrogens is 1. The van der Waals surface area contributed by atoms with Gasteiger partial charge in [-0.15, -0.1) is 0 Å². The molecule has 0 saturated carbocycles. The average molecular weight is 289 g/mol. The lowest BCUT2D eigenvalue weighted by molar-refractivity contribution is 0.0716. The third kappa shape index (κ3) is 3.35. The fourth-order valence-corrected chi connectivity index (χ4v) is 3.14. The number of aryl methyl sites for hydroxylation is 2. The zero-order valence-electron chi connectivity index (χ0n) is 12.6. The van der Waals surface area contributed by atoms with Gasteiger partial charge < -0.3 is 15.0 Å². The fourth-order valence-electron chi connectivity index (χ4n) is 3.14. The van der Waals surface area contributed by atoms with Crippen molar-refractivity contribution in [3.05, 3.63) is 23.5 Å². The van der Waals surface area contributed by atoms with E-state index in [9.17, 15) is 4.79 Å². The molecule has 2 aliphatic rings. The molecule has 0 spiro atoms. The van der Waals surface area contributed by atoms with E-state index in [-0.39, 0.29) is 12.1 Å². The van der Waals surface area contributed by atoms with E-state index in [2.05, 4.69) is 16.4 Å². The molecule has 1 saturated heterocycles. The summed E-state index contributed by atoms with van der Waals surface area (Å²) < 4.78 is 5.57. The minimum Gasteiger partial charge on any atom is -0.377 e.